The van der Waals surface area contributed by atoms with Gasteiger partial charge in [-0.1, -0.05) is 35.9 Å². The molecule has 1 heterocycles. The van der Waals surface area contributed by atoms with Crippen LogP contribution in [0.25, 0.3) is 0 Å². The fourth-order valence-corrected chi connectivity index (χ4v) is 2.84. The lowest BCUT2D eigenvalue weighted by Crippen LogP contribution is -2.53. The van der Waals surface area contributed by atoms with E-state index < -0.39 is 0 Å². The highest BCUT2D eigenvalue weighted by molar-refractivity contribution is 7.80. The summed E-state index contributed by atoms with van der Waals surface area (Å²) < 4.78 is 0. The monoisotopic (exact) mass is 366 g/mol. The van der Waals surface area contributed by atoms with E-state index >= 15 is 0 Å². The zero-order valence-corrected chi connectivity index (χ0v) is 15.4. The molecule has 24 heavy (non-hydrogen) atoms. The average molecular weight is 367 g/mol. The van der Waals surface area contributed by atoms with Gasteiger partial charge in [-0.05, 0) is 31.3 Å². The molecule has 0 aromatic heterocycles. The Morgan fingerprint density at radius 2 is 1.96 bits per heavy atom. The molecule has 0 radical (unpaired) electrons. The molecule has 1 saturated heterocycles. The third-order valence-corrected chi connectivity index (χ3v) is 4.45. The third-order valence-electron chi connectivity index (χ3n) is 3.72. The Hall–Kier alpha value is -1.63. The number of nitrogens with zero attached hydrogens (tertiary/aromatic N) is 2. The maximum Gasteiger partial charge on any atom is 0.238 e. The second kappa shape index (κ2) is 9.01. The Balaban J connectivity index is 1.74. The Labute approximate surface area is 153 Å². The predicted molar refractivity (Wildman–Crippen MR) is 104 cm³/mol. The highest BCUT2D eigenvalue weighted by Gasteiger charge is 2.20. The van der Waals surface area contributed by atoms with Crippen LogP contribution in [-0.4, -0.2) is 60.1 Å². The molecule has 1 aliphatic heterocycles. The first kappa shape index (κ1) is 18.7. The highest BCUT2D eigenvalue weighted by atomic mass is 35.5. The topological polar surface area (TPSA) is 47.6 Å². The van der Waals surface area contributed by atoms with Crippen molar-refractivity contribution in [3.05, 3.63) is 41.4 Å². The maximum atomic E-state index is 12.2. The van der Waals surface area contributed by atoms with Crippen molar-refractivity contribution in [3.63, 3.8) is 0 Å². The van der Waals surface area contributed by atoms with Crippen molar-refractivity contribution in [2.45, 2.75) is 6.92 Å². The van der Waals surface area contributed by atoms with Crippen LogP contribution in [0.15, 0.2) is 36.4 Å². The molecule has 0 aliphatic carbocycles. The summed E-state index contributed by atoms with van der Waals surface area (Å²) in [6.07, 6.45) is 0. The summed E-state index contributed by atoms with van der Waals surface area (Å²) in [7, 11) is 0. The molecule has 130 valence electrons. The van der Waals surface area contributed by atoms with Crippen LogP contribution in [0, 0.1) is 0 Å². The number of piperazine rings is 1. The molecule has 0 unspecified atom stereocenters. The fourth-order valence-electron chi connectivity index (χ4n) is 2.40. The van der Waals surface area contributed by atoms with Crippen LogP contribution in [0.1, 0.15) is 6.92 Å². The summed E-state index contributed by atoms with van der Waals surface area (Å²) in [5.74, 6) is -0.0560. The number of amides is 1. The first-order valence-electron chi connectivity index (χ1n) is 7.89. The Bertz CT molecular complexity index is 614. The number of para-hydroxylation sites is 1. The van der Waals surface area contributed by atoms with Gasteiger partial charge in [0.2, 0.25) is 5.91 Å². The zero-order chi connectivity index (χ0) is 17.5. The first-order valence-corrected chi connectivity index (χ1v) is 8.68. The van der Waals surface area contributed by atoms with Gasteiger partial charge in [0, 0.05) is 32.7 Å². The molecule has 1 aromatic carbocycles. The third kappa shape index (κ3) is 5.78. The van der Waals surface area contributed by atoms with Crippen LogP contribution in [0.2, 0.25) is 5.02 Å². The van der Waals surface area contributed by atoms with Gasteiger partial charge < -0.3 is 15.5 Å². The van der Waals surface area contributed by atoms with Crippen molar-refractivity contribution < 1.29 is 4.79 Å². The van der Waals surface area contributed by atoms with E-state index in [1.807, 2.05) is 19.1 Å². The molecular weight excluding hydrogens is 344 g/mol. The van der Waals surface area contributed by atoms with Crippen molar-refractivity contribution in [2.75, 3.05) is 44.6 Å². The lowest BCUT2D eigenvalue weighted by atomic mass is 10.3. The number of anilines is 1. The number of benzene rings is 1. The fraction of sp³-hybridized carbons (Fsp3) is 0.412. The zero-order valence-electron chi connectivity index (χ0n) is 13.8. The standard InChI is InChI=1S/C17H23ClN4OS/c1-13(2)11-19-17(24)22-9-7-21(8-10-22)12-16(23)20-15-6-4-3-5-14(15)18/h3-6H,1,7-12H2,2H3,(H,19,24)(H,20,23). The van der Waals surface area contributed by atoms with Gasteiger partial charge in [-0.25, -0.2) is 0 Å². The van der Waals surface area contributed by atoms with Gasteiger partial charge in [-0.3, -0.25) is 9.69 Å². The molecule has 1 fully saturated rings. The van der Waals surface area contributed by atoms with Gasteiger partial charge >= 0.3 is 0 Å². The van der Waals surface area contributed by atoms with Crippen molar-refractivity contribution in [1.29, 1.82) is 0 Å². The summed E-state index contributed by atoms with van der Waals surface area (Å²) in [6.45, 7) is 10.1. The highest BCUT2D eigenvalue weighted by Crippen LogP contribution is 2.20. The number of thiocarbonyl (C=S) groups is 1. The van der Waals surface area contributed by atoms with E-state index in [1.54, 1.807) is 12.1 Å². The average Bonchev–Trinajstić information content (AvgIpc) is 2.55. The second-order valence-corrected chi connectivity index (χ2v) is 6.70. The van der Waals surface area contributed by atoms with E-state index in [2.05, 4.69) is 27.0 Å². The van der Waals surface area contributed by atoms with Gasteiger partial charge in [0.05, 0.1) is 17.3 Å². The number of carbonyl (C=O) groups is 1. The van der Waals surface area contributed by atoms with Crippen molar-refractivity contribution in [1.82, 2.24) is 15.1 Å². The van der Waals surface area contributed by atoms with E-state index in [-0.39, 0.29) is 5.91 Å². The molecular formula is C17H23ClN4OS. The Morgan fingerprint density at radius 3 is 2.58 bits per heavy atom. The minimum atomic E-state index is -0.0560. The molecule has 1 amide bonds. The largest absolute Gasteiger partial charge is 0.359 e. The predicted octanol–water partition coefficient (Wildman–Crippen LogP) is 2.35. The summed E-state index contributed by atoms with van der Waals surface area (Å²) >= 11 is 11.4. The molecule has 1 aliphatic rings. The lowest BCUT2D eigenvalue weighted by molar-refractivity contribution is -0.117. The van der Waals surface area contributed by atoms with E-state index in [0.717, 1.165) is 36.9 Å². The number of hydrogen-bond donors (Lipinski definition) is 2. The normalized spacial score (nSPS) is 15.0. The van der Waals surface area contributed by atoms with Crippen LogP contribution in [0.3, 0.4) is 0 Å². The molecule has 7 heteroatoms. The van der Waals surface area contributed by atoms with E-state index in [0.29, 0.717) is 23.8 Å². The number of halogens is 1. The van der Waals surface area contributed by atoms with E-state index in [1.165, 1.54) is 0 Å². The van der Waals surface area contributed by atoms with Gasteiger partial charge in [0.1, 0.15) is 0 Å². The smallest absolute Gasteiger partial charge is 0.238 e. The molecule has 5 nitrogen and oxygen atoms in total. The number of nitrogens with one attached hydrogen (secondary N) is 2. The van der Waals surface area contributed by atoms with Gasteiger partial charge in [0.25, 0.3) is 0 Å². The minimum absolute atomic E-state index is 0.0560. The van der Waals surface area contributed by atoms with Gasteiger partial charge in [0.15, 0.2) is 5.11 Å². The van der Waals surface area contributed by atoms with Gasteiger partial charge in [-0.15, -0.1) is 0 Å². The quantitative estimate of drug-likeness (QED) is 0.618. The van der Waals surface area contributed by atoms with Crippen molar-refractivity contribution in [2.24, 2.45) is 0 Å². The van der Waals surface area contributed by atoms with E-state index in [4.69, 9.17) is 23.8 Å². The lowest BCUT2D eigenvalue weighted by Gasteiger charge is -2.35. The van der Waals surface area contributed by atoms with Gasteiger partial charge in [-0.2, -0.15) is 0 Å². The Kier molecular flexibility index (Phi) is 7.02. The van der Waals surface area contributed by atoms with Crippen molar-refractivity contribution in [3.8, 4) is 0 Å². The molecule has 0 atom stereocenters. The molecule has 2 N–H and O–H groups in total. The SMILES string of the molecule is C=C(C)CNC(=S)N1CCN(CC(=O)Nc2ccccc2Cl)CC1. The summed E-state index contributed by atoms with van der Waals surface area (Å²) in [6, 6.07) is 7.24. The molecule has 0 saturated carbocycles. The first-order chi connectivity index (χ1) is 11.5. The van der Waals surface area contributed by atoms with E-state index in [9.17, 15) is 4.79 Å². The van der Waals surface area contributed by atoms with Crippen molar-refractivity contribution >= 4 is 40.5 Å². The summed E-state index contributed by atoms with van der Waals surface area (Å²) in [4.78, 5) is 16.4. The number of carbonyl (C=O) groups excluding carboxylic acids is 1. The minimum Gasteiger partial charge on any atom is -0.359 e. The number of rotatable bonds is 5. The van der Waals surface area contributed by atoms with Crippen LogP contribution >= 0.6 is 23.8 Å². The van der Waals surface area contributed by atoms with Crippen LogP contribution in [0.4, 0.5) is 5.69 Å². The second-order valence-electron chi connectivity index (χ2n) is 5.91. The Morgan fingerprint density at radius 1 is 1.29 bits per heavy atom. The van der Waals surface area contributed by atoms with Crippen LogP contribution in [-0.2, 0) is 4.79 Å². The molecule has 1 aromatic rings. The maximum absolute atomic E-state index is 12.2. The van der Waals surface area contributed by atoms with Crippen LogP contribution in [0.5, 0.6) is 0 Å². The molecule has 0 spiro atoms. The van der Waals surface area contributed by atoms with Crippen LogP contribution < -0.4 is 10.6 Å². The molecule has 2 rings (SSSR count). The number of hydrogen-bond acceptors (Lipinski definition) is 3. The summed E-state index contributed by atoms with van der Waals surface area (Å²) in [5, 5.41) is 7.34. The molecule has 0 bridgehead atoms. The summed E-state index contributed by atoms with van der Waals surface area (Å²) in [5.41, 5.74) is 1.69.